The van der Waals surface area contributed by atoms with Gasteiger partial charge in [-0.1, -0.05) is 0 Å². The molecule has 0 heterocycles. The van der Waals surface area contributed by atoms with Gasteiger partial charge in [0.2, 0.25) is 0 Å². The third-order valence-electron chi connectivity index (χ3n) is 2.20. The number of benzene rings is 1. The first kappa shape index (κ1) is 12.4. The second-order valence-corrected chi connectivity index (χ2v) is 3.47. The Hall–Kier alpha value is -1.71. The van der Waals surface area contributed by atoms with Crippen LogP contribution in [0.2, 0.25) is 0 Å². The van der Waals surface area contributed by atoms with E-state index in [9.17, 15) is 9.90 Å². The van der Waals surface area contributed by atoms with Crippen molar-refractivity contribution in [1.29, 1.82) is 0 Å². The molecule has 0 radical (unpaired) electrons. The Morgan fingerprint density at radius 1 is 1.44 bits per heavy atom. The van der Waals surface area contributed by atoms with Crippen LogP contribution in [-0.4, -0.2) is 22.8 Å². The summed E-state index contributed by atoms with van der Waals surface area (Å²) in [5.74, 6) is 0.0694. The summed E-state index contributed by atoms with van der Waals surface area (Å²) in [5.41, 5.74) is 0.729. The van der Waals surface area contributed by atoms with Gasteiger partial charge >= 0.3 is 5.97 Å². The van der Waals surface area contributed by atoms with Gasteiger partial charge in [0.05, 0.1) is 6.61 Å². The molecule has 4 heteroatoms. The van der Waals surface area contributed by atoms with E-state index in [0.29, 0.717) is 25.2 Å². The van der Waals surface area contributed by atoms with Crippen molar-refractivity contribution in [3.8, 4) is 11.5 Å². The van der Waals surface area contributed by atoms with E-state index in [1.807, 2.05) is 6.92 Å². The highest BCUT2D eigenvalue weighted by Gasteiger charge is 2.05. The molecule has 0 amide bonds. The van der Waals surface area contributed by atoms with E-state index in [0.717, 1.165) is 5.56 Å². The van der Waals surface area contributed by atoms with Crippen LogP contribution in [-0.2, 0) is 11.2 Å². The van der Waals surface area contributed by atoms with Crippen LogP contribution in [0.25, 0.3) is 0 Å². The Morgan fingerprint density at radius 2 is 2.19 bits per heavy atom. The minimum atomic E-state index is -0.819. The summed E-state index contributed by atoms with van der Waals surface area (Å²) in [7, 11) is 0. The first-order valence-corrected chi connectivity index (χ1v) is 5.30. The highest BCUT2D eigenvalue weighted by atomic mass is 16.5. The molecule has 4 nitrogen and oxygen atoms in total. The number of phenols is 1. The van der Waals surface area contributed by atoms with E-state index < -0.39 is 5.97 Å². The van der Waals surface area contributed by atoms with Gasteiger partial charge in [-0.15, -0.1) is 0 Å². The van der Waals surface area contributed by atoms with Crippen LogP contribution in [0.15, 0.2) is 18.2 Å². The van der Waals surface area contributed by atoms with Crippen molar-refractivity contribution < 1.29 is 19.7 Å². The molecular formula is C12H16O4. The van der Waals surface area contributed by atoms with Crippen LogP contribution in [0.3, 0.4) is 0 Å². The summed E-state index contributed by atoms with van der Waals surface area (Å²) in [6, 6.07) is 5.02. The van der Waals surface area contributed by atoms with Gasteiger partial charge in [0, 0.05) is 6.42 Å². The van der Waals surface area contributed by atoms with Crippen molar-refractivity contribution in [2.75, 3.05) is 6.61 Å². The minimum Gasteiger partial charge on any atom is -0.508 e. The highest BCUT2D eigenvalue weighted by Crippen LogP contribution is 2.24. The van der Waals surface area contributed by atoms with Gasteiger partial charge in [0.25, 0.3) is 0 Å². The quantitative estimate of drug-likeness (QED) is 0.777. The number of aliphatic carboxylic acids is 1. The van der Waals surface area contributed by atoms with Crippen LogP contribution in [0.5, 0.6) is 11.5 Å². The average molecular weight is 224 g/mol. The lowest BCUT2D eigenvalue weighted by molar-refractivity contribution is -0.137. The summed E-state index contributed by atoms with van der Waals surface area (Å²) in [6.45, 7) is 2.45. The third kappa shape index (κ3) is 3.81. The molecule has 0 aromatic heterocycles. The molecule has 88 valence electrons. The van der Waals surface area contributed by atoms with E-state index in [1.165, 1.54) is 0 Å². The molecule has 0 saturated heterocycles. The van der Waals surface area contributed by atoms with Gasteiger partial charge < -0.3 is 14.9 Å². The van der Waals surface area contributed by atoms with Crippen molar-refractivity contribution in [1.82, 2.24) is 0 Å². The normalized spacial score (nSPS) is 10.1. The smallest absolute Gasteiger partial charge is 0.303 e. The summed E-state index contributed by atoms with van der Waals surface area (Å²) in [6.07, 6.45) is 1.16. The van der Waals surface area contributed by atoms with E-state index >= 15 is 0 Å². The van der Waals surface area contributed by atoms with Crippen LogP contribution < -0.4 is 4.74 Å². The largest absolute Gasteiger partial charge is 0.508 e. The molecule has 1 rings (SSSR count). The molecule has 0 spiro atoms. The predicted molar refractivity (Wildman–Crippen MR) is 59.8 cm³/mol. The number of carbonyl (C=O) groups is 1. The number of hydrogen-bond donors (Lipinski definition) is 2. The fourth-order valence-electron chi connectivity index (χ4n) is 1.45. The standard InChI is InChI=1S/C12H16O4/c1-2-16-10-6-7-11(13)9(8-10)4-3-5-12(14)15/h6-8,13H,2-5H2,1H3,(H,14,15). The Labute approximate surface area is 94.5 Å². The second-order valence-electron chi connectivity index (χ2n) is 3.47. The lowest BCUT2D eigenvalue weighted by Gasteiger charge is -2.07. The molecule has 0 bridgehead atoms. The Kier molecular flexibility index (Phi) is 4.64. The summed E-state index contributed by atoms with van der Waals surface area (Å²) in [4.78, 5) is 10.4. The number of aromatic hydroxyl groups is 1. The van der Waals surface area contributed by atoms with Gasteiger partial charge in [-0.3, -0.25) is 4.79 Å². The summed E-state index contributed by atoms with van der Waals surface area (Å²) >= 11 is 0. The molecular weight excluding hydrogens is 208 g/mol. The van der Waals surface area contributed by atoms with Crippen LogP contribution in [0.4, 0.5) is 0 Å². The number of carboxylic acid groups (broad SMARTS) is 1. The van der Waals surface area contributed by atoms with Crippen molar-refractivity contribution >= 4 is 5.97 Å². The van der Waals surface area contributed by atoms with E-state index in [-0.39, 0.29) is 12.2 Å². The predicted octanol–water partition coefficient (Wildman–Crippen LogP) is 2.20. The zero-order chi connectivity index (χ0) is 12.0. The molecule has 0 fully saturated rings. The molecule has 2 N–H and O–H groups in total. The van der Waals surface area contributed by atoms with E-state index in [2.05, 4.69) is 0 Å². The molecule has 1 aromatic carbocycles. The number of rotatable bonds is 6. The van der Waals surface area contributed by atoms with Crippen molar-refractivity contribution in [3.05, 3.63) is 23.8 Å². The zero-order valence-electron chi connectivity index (χ0n) is 9.27. The summed E-state index contributed by atoms with van der Waals surface area (Å²) in [5, 5.41) is 18.1. The molecule has 0 unspecified atom stereocenters. The first-order valence-electron chi connectivity index (χ1n) is 5.30. The zero-order valence-corrected chi connectivity index (χ0v) is 9.27. The van der Waals surface area contributed by atoms with Gasteiger partial charge in [-0.05, 0) is 43.5 Å². The summed E-state index contributed by atoms with van der Waals surface area (Å²) < 4.78 is 5.30. The topological polar surface area (TPSA) is 66.8 Å². The average Bonchev–Trinajstić information content (AvgIpc) is 2.22. The van der Waals surface area contributed by atoms with Crippen LogP contribution in [0, 0.1) is 0 Å². The maximum atomic E-state index is 10.4. The SMILES string of the molecule is CCOc1ccc(O)c(CCCC(=O)O)c1. The Morgan fingerprint density at radius 3 is 2.81 bits per heavy atom. The third-order valence-corrected chi connectivity index (χ3v) is 2.20. The highest BCUT2D eigenvalue weighted by molar-refractivity contribution is 5.66. The Balaban J connectivity index is 2.62. The van der Waals surface area contributed by atoms with Crippen molar-refractivity contribution in [2.45, 2.75) is 26.2 Å². The molecule has 0 aliphatic heterocycles. The maximum absolute atomic E-state index is 10.4. The molecule has 1 aromatic rings. The fraction of sp³-hybridized carbons (Fsp3) is 0.417. The first-order chi connectivity index (χ1) is 7.63. The number of carboxylic acids is 1. The minimum absolute atomic E-state index is 0.109. The van der Waals surface area contributed by atoms with Crippen LogP contribution in [0.1, 0.15) is 25.3 Å². The molecule has 0 aliphatic carbocycles. The fourth-order valence-corrected chi connectivity index (χ4v) is 1.45. The lowest BCUT2D eigenvalue weighted by atomic mass is 10.1. The van der Waals surface area contributed by atoms with E-state index in [4.69, 9.17) is 9.84 Å². The van der Waals surface area contributed by atoms with E-state index in [1.54, 1.807) is 18.2 Å². The maximum Gasteiger partial charge on any atom is 0.303 e. The van der Waals surface area contributed by atoms with Crippen LogP contribution >= 0.6 is 0 Å². The number of phenolic OH excluding ortho intramolecular Hbond substituents is 1. The van der Waals surface area contributed by atoms with Gasteiger partial charge in [0.15, 0.2) is 0 Å². The molecule has 16 heavy (non-hydrogen) atoms. The molecule has 0 saturated carbocycles. The molecule has 0 aliphatic rings. The van der Waals surface area contributed by atoms with Crippen molar-refractivity contribution in [2.24, 2.45) is 0 Å². The second kappa shape index (κ2) is 6.00. The number of hydrogen-bond acceptors (Lipinski definition) is 3. The molecule has 0 atom stereocenters. The number of ether oxygens (including phenoxy) is 1. The lowest BCUT2D eigenvalue weighted by Crippen LogP contribution is -1.97. The monoisotopic (exact) mass is 224 g/mol. The van der Waals surface area contributed by atoms with Gasteiger partial charge in [-0.2, -0.15) is 0 Å². The Bertz CT molecular complexity index is 360. The van der Waals surface area contributed by atoms with Gasteiger partial charge in [0.1, 0.15) is 11.5 Å². The van der Waals surface area contributed by atoms with Gasteiger partial charge in [-0.25, -0.2) is 0 Å². The number of aryl methyl sites for hydroxylation is 1. The van der Waals surface area contributed by atoms with Crippen molar-refractivity contribution in [3.63, 3.8) is 0 Å².